The molecule has 19 heavy (non-hydrogen) atoms. The van der Waals surface area contributed by atoms with Gasteiger partial charge in [-0.05, 0) is 30.7 Å². The van der Waals surface area contributed by atoms with Gasteiger partial charge in [-0.3, -0.25) is 0 Å². The Kier molecular flexibility index (Phi) is 3.63. The maximum atomic E-state index is 6.12. The summed E-state index contributed by atoms with van der Waals surface area (Å²) in [5.74, 6) is 1.81. The predicted octanol–water partition coefficient (Wildman–Crippen LogP) is 2.95. The highest BCUT2D eigenvalue weighted by Gasteiger charge is 2.37. The van der Waals surface area contributed by atoms with Crippen molar-refractivity contribution in [2.75, 3.05) is 26.0 Å². The third-order valence-electron chi connectivity index (χ3n) is 4.39. The summed E-state index contributed by atoms with van der Waals surface area (Å²) in [5, 5.41) is 0. The lowest BCUT2D eigenvalue weighted by molar-refractivity contribution is 0.166. The number of ether oxygens (including phenoxy) is 2. The fraction of sp³-hybridized carbons (Fsp3) is 0.600. The van der Waals surface area contributed by atoms with E-state index in [1.165, 1.54) is 36.1 Å². The van der Waals surface area contributed by atoms with Crippen molar-refractivity contribution in [1.82, 2.24) is 0 Å². The summed E-state index contributed by atoms with van der Waals surface area (Å²) in [6.07, 6.45) is 7.04. The van der Waals surface area contributed by atoms with Gasteiger partial charge in [-0.1, -0.05) is 18.9 Å². The molecule has 0 radical (unpaired) electrons. The van der Waals surface area contributed by atoms with Gasteiger partial charge >= 0.3 is 0 Å². The molecular weight excluding hydrogens is 258 g/mol. The normalized spacial score (nSPS) is 20.5. The second kappa shape index (κ2) is 5.25. The summed E-state index contributed by atoms with van der Waals surface area (Å²) in [6.45, 7) is 2.00. The summed E-state index contributed by atoms with van der Waals surface area (Å²) in [5.41, 5.74) is 7.63. The van der Waals surface area contributed by atoms with E-state index in [1.54, 1.807) is 11.8 Å². The molecule has 0 saturated heterocycles. The van der Waals surface area contributed by atoms with E-state index in [1.807, 2.05) is 0 Å². The van der Waals surface area contributed by atoms with Crippen LogP contribution >= 0.6 is 11.8 Å². The minimum atomic E-state index is 0.147. The van der Waals surface area contributed by atoms with E-state index < -0.39 is 0 Å². The second-order valence-electron chi connectivity index (χ2n) is 5.36. The Morgan fingerprint density at radius 1 is 1.21 bits per heavy atom. The monoisotopic (exact) mass is 279 g/mol. The van der Waals surface area contributed by atoms with Crippen molar-refractivity contribution in [2.45, 2.75) is 36.0 Å². The first kappa shape index (κ1) is 13.1. The Morgan fingerprint density at radius 3 is 2.63 bits per heavy atom. The van der Waals surface area contributed by atoms with Crippen molar-refractivity contribution < 1.29 is 9.47 Å². The molecule has 1 aliphatic carbocycles. The number of hydrogen-bond donors (Lipinski definition) is 1. The molecule has 2 aliphatic rings. The average molecular weight is 279 g/mol. The van der Waals surface area contributed by atoms with E-state index in [2.05, 4.69) is 18.4 Å². The molecule has 3 rings (SSSR count). The number of rotatable bonds is 3. The zero-order valence-corrected chi connectivity index (χ0v) is 12.2. The molecule has 1 fully saturated rings. The third kappa shape index (κ3) is 2.11. The Hall–Kier alpha value is -0.870. The largest absolute Gasteiger partial charge is 0.486 e. The van der Waals surface area contributed by atoms with E-state index >= 15 is 0 Å². The molecule has 1 saturated carbocycles. The molecule has 4 heteroatoms. The molecule has 0 amide bonds. The van der Waals surface area contributed by atoms with Crippen molar-refractivity contribution in [1.29, 1.82) is 0 Å². The van der Waals surface area contributed by atoms with Gasteiger partial charge in [0.25, 0.3) is 0 Å². The summed E-state index contributed by atoms with van der Waals surface area (Å²) in [7, 11) is 0. The van der Waals surface area contributed by atoms with Crippen molar-refractivity contribution >= 4 is 11.8 Å². The Labute approximate surface area is 118 Å². The van der Waals surface area contributed by atoms with Gasteiger partial charge in [0.1, 0.15) is 13.2 Å². The average Bonchev–Trinajstić information content (AvgIpc) is 2.96. The quantitative estimate of drug-likeness (QED) is 0.864. The van der Waals surface area contributed by atoms with Crippen LogP contribution in [0.4, 0.5) is 0 Å². The molecule has 0 spiro atoms. The molecule has 0 atom stereocenters. The molecule has 1 aromatic rings. The van der Waals surface area contributed by atoms with Gasteiger partial charge in [-0.2, -0.15) is 0 Å². The van der Waals surface area contributed by atoms with Crippen molar-refractivity contribution in [3.8, 4) is 11.5 Å². The number of fused-ring (bicyclic) bond motifs is 1. The first-order chi connectivity index (χ1) is 9.30. The zero-order valence-electron chi connectivity index (χ0n) is 11.4. The lowest BCUT2D eigenvalue weighted by atomic mass is 9.79. The maximum Gasteiger partial charge on any atom is 0.175 e. The highest BCUT2D eigenvalue weighted by atomic mass is 32.2. The van der Waals surface area contributed by atoms with Crippen LogP contribution < -0.4 is 15.2 Å². The van der Waals surface area contributed by atoms with Gasteiger partial charge in [0.2, 0.25) is 0 Å². The standard InChI is InChI=1S/C15H21NO2S/c1-19-14-11(15(10-16)6-2-3-7-15)4-5-12-13(14)18-9-8-17-12/h4-5H,2-3,6-10,16H2,1H3. The molecule has 0 aromatic heterocycles. The van der Waals surface area contributed by atoms with Gasteiger partial charge in [-0.15, -0.1) is 11.8 Å². The molecule has 2 N–H and O–H groups in total. The lowest BCUT2D eigenvalue weighted by Crippen LogP contribution is -2.33. The van der Waals surface area contributed by atoms with Crippen LogP contribution in [0.1, 0.15) is 31.2 Å². The van der Waals surface area contributed by atoms with Gasteiger partial charge < -0.3 is 15.2 Å². The summed E-state index contributed by atoms with van der Waals surface area (Å²) in [6, 6.07) is 4.26. The van der Waals surface area contributed by atoms with E-state index in [4.69, 9.17) is 15.2 Å². The number of hydrogen-bond acceptors (Lipinski definition) is 4. The van der Waals surface area contributed by atoms with E-state index in [0.29, 0.717) is 13.2 Å². The fourth-order valence-corrected chi connectivity index (χ4v) is 4.20. The smallest absolute Gasteiger partial charge is 0.175 e. The summed E-state index contributed by atoms with van der Waals surface area (Å²) < 4.78 is 11.5. The predicted molar refractivity (Wildman–Crippen MR) is 78.4 cm³/mol. The summed E-state index contributed by atoms with van der Waals surface area (Å²) >= 11 is 1.75. The Bertz CT molecular complexity index is 469. The molecule has 3 nitrogen and oxygen atoms in total. The zero-order chi connectivity index (χ0) is 13.3. The highest BCUT2D eigenvalue weighted by Crippen LogP contribution is 2.49. The molecule has 0 unspecified atom stereocenters. The summed E-state index contributed by atoms with van der Waals surface area (Å²) in [4.78, 5) is 1.23. The van der Waals surface area contributed by atoms with Crippen molar-refractivity contribution in [3.63, 3.8) is 0 Å². The van der Waals surface area contributed by atoms with Crippen LogP contribution in [0.25, 0.3) is 0 Å². The van der Waals surface area contributed by atoms with Gasteiger partial charge in [-0.25, -0.2) is 0 Å². The van der Waals surface area contributed by atoms with Crippen LogP contribution in [0, 0.1) is 0 Å². The van der Waals surface area contributed by atoms with Crippen LogP contribution in [0.2, 0.25) is 0 Å². The fourth-order valence-electron chi connectivity index (χ4n) is 3.35. The maximum absolute atomic E-state index is 6.12. The Balaban J connectivity index is 2.10. The minimum absolute atomic E-state index is 0.147. The van der Waals surface area contributed by atoms with Crippen molar-refractivity contribution in [2.24, 2.45) is 5.73 Å². The Morgan fingerprint density at radius 2 is 1.95 bits per heavy atom. The first-order valence-electron chi connectivity index (χ1n) is 6.98. The lowest BCUT2D eigenvalue weighted by Gasteiger charge is -2.32. The van der Waals surface area contributed by atoms with Crippen LogP contribution in [-0.4, -0.2) is 26.0 Å². The third-order valence-corrected chi connectivity index (χ3v) is 5.20. The molecule has 104 valence electrons. The van der Waals surface area contributed by atoms with Gasteiger partial charge in [0.15, 0.2) is 11.5 Å². The number of thioether (sulfide) groups is 1. The molecule has 1 aliphatic heterocycles. The van der Waals surface area contributed by atoms with Crippen LogP contribution in [-0.2, 0) is 5.41 Å². The van der Waals surface area contributed by atoms with Crippen molar-refractivity contribution in [3.05, 3.63) is 17.7 Å². The second-order valence-corrected chi connectivity index (χ2v) is 6.18. The van der Waals surface area contributed by atoms with Crippen LogP contribution in [0.15, 0.2) is 17.0 Å². The van der Waals surface area contributed by atoms with E-state index in [9.17, 15) is 0 Å². The first-order valence-corrected chi connectivity index (χ1v) is 8.20. The minimum Gasteiger partial charge on any atom is -0.486 e. The van der Waals surface area contributed by atoms with Gasteiger partial charge in [0.05, 0.1) is 4.90 Å². The highest BCUT2D eigenvalue weighted by molar-refractivity contribution is 7.98. The van der Waals surface area contributed by atoms with Crippen LogP contribution in [0.3, 0.4) is 0 Å². The number of benzene rings is 1. The number of nitrogens with two attached hydrogens (primary N) is 1. The van der Waals surface area contributed by atoms with Gasteiger partial charge in [0, 0.05) is 12.0 Å². The van der Waals surface area contributed by atoms with E-state index in [0.717, 1.165) is 18.0 Å². The van der Waals surface area contributed by atoms with E-state index in [-0.39, 0.29) is 5.41 Å². The molecule has 1 aromatic carbocycles. The molecule has 0 bridgehead atoms. The topological polar surface area (TPSA) is 44.5 Å². The molecular formula is C15H21NO2S. The SMILES string of the molecule is CSc1c(C2(CN)CCCC2)ccc2c1OCCO2. The van der Waals surface area contributed by atoms with Crippen LogP contribution in [0.5, 0.6) is 11.5 Å². The molecule has 1 heterocycles.